The molecule has 0 aliphatic heterocycles. The van der Waals surface area contributed by atoms with Gasteiger partial charge in [0.1, 0.15) is 0 Å². The molecule has 0 spiro atoms. The van der Waals surface area contributed by atoms with E-state index in [1.165, 1.54) is 6.26 Å². The zero-order valence-corrected chi connectivity index (χ0v) is 15.1. The Balaban J connectivity index is 1.71. The Morgan fingerprint density at radius 1 is 1.12 bits per heavy atom. The number of furan rings is 1. The molecule has 0 bridgehead atoms. The van der Waals surface area contributed by atoms with Gasteiger partial charge in [0.15, 0.2) is 15.6 Å². The molecule has 1 amide bonds. The van der Waals surface area contributed by atoms with Crippen LogP contribution < -0.4 is 5.32 Å². The van der Waals surface area contributed by atoms with E-state index < -0.39 is 9.84 Å². The zero-order valence-electron chi connectivity index (χ0n) is 14.3. The van der Waals surface area contributed by atoms with Crippen LogP contribution in [-0.4, -0.2) is 20.4 Å². The number of rotatable bonds is 5. The number of carbonyl (C=O) groups is 1. The van der Waals surface area contributed by atoms with Gasteiger partial charge in [0.25, 0.3) is 5.91 Å². The van der Waals surface area contributed by atoms with Crippen LogP contribution in [0.1, 0.15) is 48.7 Å². The molecule has 0 radical (unpaired) electrons. The molecule has 1 heterocycles. The van der Waals surface area contributed by atoms with E-state index in [0.717, 1.165) is 25.7 Å². The summed E-state index contributed by atoms with van der Waals surface area (Å²) in [5.74, 6) is 0.210. The van der Waals surface area contributed by atoms with E-state index in [1.54, 1.807) is 36.4 Å². The zero-order chi connectivity index (χ0) is 17.9. The maximum atomic E-state index is 12.5. The number of benzene rings is 1. The lowest BCUT2D eigenvalue weighted by molar-refractivity contribution is 0.0894. The molecular weight excluding hydrogens is 338 g/mol. The number of hydrogen-bond acceptors (Lipinski definition) is 4. The van der Waals surface area contributed by atoms with E-state index in [2.05, 4.69) is 12.2 Å². The molecule has 1 aromatic heterocycles. The summed E-state index contributed by atoms with van der Waals surface area (Å²) in [6, 6.07) is 9.92. The van der Waals surface area contributed by atoms with E-state index in [-0.39, 0.29) is 28.4 Å². The Morgan fingerprint density at radius 2 is 1.80 bits per heavy atom. The van der Waals surface area contributed by atoms with Gasteiger partial charge in [-0.25, -0.2) is 8.42 Å². The average molecular weight is 361 g/mol. The minimum atomic E-state index is -3.52. The van der Waals surface area contributed by atoms with Crippen molar-refractivity contribution in [3.05, 3.63) is 54.0 Å². The SMILES string of the molecule is CC1CCC(NC(=O)c2occc2CS(=O)(=O)c2ccccc2)CC1. The topological polar surface area (TPSA) is 76.4 Å². The molecule has 2 aromatic rings. The molecule has 1 saturated carbocycles. The molecule has 1 aliphatic carbocycles. The average Bonchev–Trinajstić information content (AvgIpc) is 3.05. The van der Waals surface area contributed by atoms with E-state index in [1.807, 2.05) is 0 Å². The molecule has 0 unspecified atom stereocenters. The van der Waals surface area contributed by atoms with Crippen molar-refractivity contribution in [1.82, 2.24) is 5.32 Å². The van der Waals surface area contributed by atoms with Crippen LogP contribution in [0.2, 0.25) is 0 Å². The fourth-order valence-corrected chi connectivity index (χ4v) is 4.60. The van der Waals surface area contributed by atoms with Crippen molar-refractivity contribution in [3.8, 4) is 0 Å². The summed E-state index contributed by atoms with van der Waals surface area (Å²) in [4.78, 5) is 12.7. The van der Waals surface area contributed by atoms with E-state index in [0.29, 0.717) is 11.5 Å². The van der Waals surface area contributed by atoms with Crippen LogP contribution in [0.5, 0.6) is 0 Å². The first-order valence-corrected chi connectivity index (χ1v) is 10.3. The van der Waals surface area contributed by atoms with Gasteiger partial charge in [-0.05, 0) is 49.8 Å². The highest BCUT2D eigenvalue weighted by Gasteiger charge is 2.25. The first-order chi connectivity index (χ1) is 12.0. The molecule has 1 aliphatic rings. The molecule has 1 fully saturated rings. The molecule has 25 heavy (non-hydrogen) atoms. The summed E-state index contributed by atoms with van der Waals surface area (Å²) in [6.45, 7) is 2.22. The van der Waals surface area contributed by atoms with Crippen molar-refractivity contribution < 1.29 is 17.6 Å². The highest BCUT2D eigenvalue weighted by atomic mass is 32.2. The molecule has 6 heteroatoms. The highest BCUT2D eigenvalue weighted by molar-refractivity contribution is 7.90. The second kappa shape index (κ2) is 7.44. The Labute approximate surface area is 148 Å². The maximum absolute atomic E-state index is 12.5. The van der Waals surface area contributed by atoms with Crippen molar-refractivity contribution in [2.45, 2.75) is 49.3 Å². The van der Waals surface area contributed by atoms with Crippen LogP contribution in [0.15, 0.2) is 52.0 Å². The lowest BCUT2D eigenvalue weighted by Gasteiger charge is -2.26. The Morgan fingerprint density at radius 3 is 2.48 bits per heavy atom. The fourth-order valence-electron chi connectivity index (χ4n) is 3.22. The number of sulfone groups is 1. The number of hydrogen-bond donors (Lipinski definition) is 1. The molecule has 134 valence electrons. The second-order valence-corrected chi connectivity index (χ2v) is 8.77. The molecule has 3 rings (SSSR count). The third kappa shape index (κ3) is 4.31. The first-order valence-electron chi connectivity index (χ1n) is 8.61. The first kappa shape index (κ1) is 17.7. The molecule has 5 nitrogen and oxygen atoms in total. The minimum Gasteiger partial charge on any atom is -0.459 e. The van der Waals surface area contributed by atoms with Gasteiger partial charge in [0, 0.05) is 11.6 Å². The van der Waals surface area contributed by atoms with Crippen LogP contribution in [0.4, 0.5) is 0 Å². The maximum Gasteiger partial charge on any atom is 0.287 e. The summed E-state index contributed by atoms with van der Waals surface area (Å²) in [6.07, 6.45) is 5.46. The Kier molecular flexibility index (Phi) is 5.27. The van der Waals surface area contributed by atoms with Gasteiger partial charge < -0.3 is 9.73 Å². The van der Waals surface area contributed by atoms with Crippen LogP contribution >= 0.6 is 0 Å². The van der Waals surface area contributed by atoms with Crippen molar-refractivity contribution in [3.63, 3.8) is 0 Å². The Hall–Kier alpha value is -2.08. The summed E-state index contributed by atoms with van der Waals surface area (Å²) in [5, 5.41) is 2.98. The molecule has 1 N–H and O–H groups in total. The predicted molar refractivity (Wildman–Crippen MR) is 94.9 cm³/mol. The van der Waals surface area contributed by atoms with Crippen LogP contribution in [0.25, 0.3) is 0 Å². The minimum absolute atomic E-state index is 0.0955. The predicted octanol–water partition coefficient (Wildman–Crippen LogP) is 3.56. The second-order valence-electron chi connectivity index (χ2n) is 6.78. The van der Waals surface area contributed by atoms with E-state index in [4.69, 9.17) is 4.42 Å². The largest absolute Gasteiger partial charge is 0.459 e. The van der Waals surface area contributed by atoms with Gasteiger partial charge in [-0.1, -0.05) is 25.1 Å². The lowest BCUT2D eigenvalue weighted by Crippen LogP contribution is -2.37. The smallest absolute Gasteiger partial charge is 0.287 e. The third-order valence-corrected chi connectivity index (χ3v) is 6.43. The quantitative estimate of drug-likeness (QED) is 0.883. The lowest BCUT2D eigenvalue weighted by atomic mass is 9.87. The van der Waals surface area contributed by atoms with Gasteiger partial charge >= 0.3 is 0 Å². The summed E-state index contributed by atoms with van der Waals surface area (Å²) < 4.78 is 30.3. The van der Waals surface area contributed by atoms with Gasteiger partial charge in [-0.3, -0.25) is 4.79 Å². The standard InChI is InChI=1S/C19H23NO4S/c1-14-7-9-16(10-8-14)20-19(21)18-15(11-12-24-18)13-25(22,23)17-5-3-2-4-6-17/h2-6,11-12,14,16H,7-10,13H2,1H3,(H,20,21). The summed E-state index contributed by atoms with van der Waals surface area (Å²) in [7, 11) is -3.52. The Bertz CT molecular complexity index is 818. The molecule has 0 atom stereocenters. The van der Waals surface area contributed by atoms with Gasteiger partial charge in [-0.2, -0.15) is 0 Å². The van der Waals surface area contributed by atoms with Crippen molar-refractivity contribution >= 4 is 15.7 Å². The molecule has 0 saturated heterocycles. The number of nitrogens with one attached hydrogen (secondary N) is 1. The van der Waals surface area contributed by atoms with Crippen molar-refractivity contribution in [1.29, 1.82) is 0 Å². The van der Waals surface area contributed by atoms with Gasteiger partial charge in [0.2, 0.25) is 0 Å². The monoisotopic (exact) mass is 361 g/mol. The van der Waals surface area contributed by atoms with Gasteiger partial charge in [0.05, 0.1) is 16.9 Å². The number of carbonyl (C=O) groups excluding carboxylic acids is 1. The molecule has 1 aromatic carbocycles. The van der Waals surface area contributed by atoms with Crippen molar-refractivity contribution in [2.75, 3.05) is 0 Å². The summed E-state index contributed by atoms with van der Waals surface area (Å²) in [5.41, 5.74) is 0.394. The van der Waals surface area contributed by atoms with Gasteiger partial charge in [-0.15, -0.1) is 0 Å². The molecular formula is C19H23NO4S. The van der Waals surface area contributed by atoms with E-state index in [9.17, 15) is 13.2 Å². The van der Waals surface area contributed by atoms with E-state index >= 15 is 0 Å². The van der Waals surface area contributed by atoms with Crippen LogP contribution in [0, 0.1) is 5.92 Å². The normalized spacial score (nSPS) is 21.0. The number of amides is 1. The van der Waals surface area contributed by atoms with Crippen molar-refractivity contribution in [2.24, 2.45) is 5.92 Å². The fraction of sp³-hybridized carbons (Fsp3) is 0.421. The highest BCUT2D eigenvalue weighted by Crippen LogP contribution is 2.24. The third-order valence-electron chi connectivity index (χ3n) is 4.75. The summed E-state index contributed by atoms with van der Waals surface area (Å²) >= 11 is 0. The van der Waals surface area contributed by atoms with Crippen LogP contribution in [-0.2, 0) is 15.6 Å². The van der Waals surface area contributed by atoms with Crippen LogP contribution in [0.3, 0.4) is 0 Å².